The Balaban J connectivity index is 0.000000406. The lowest BCUT2D eigenvalue weighted by molar-refractivity contribution is -0.192. The molecule has 180 valence electrons. The first-order chi connectivity index (χ1) is 16.0. The fourth-order valence-corrected chi connectivity index (χ4v) is 3.57. The van der Waals surface area contributed by atoms with Crippen molar-refractivity contribution in [3.8, 4) is 5.69 Å². The summed E-state index contributed by atoms with van der Waals surface area (Å²) in [7, 11) is 0. The number of benzene rings is 2. The number of amides is 2. The number of rotatable bonds is 4. The number of anilines is 1. The molecule has 6 N–H and O–H groups in total. The number of nitrogens with zero attached hydrogens (tertiary/aromatic N) is 2. The lowest BCUT2D eigenvalue weighted by atomic mass is 10.1. The zero-order valence-corrected chi connectivity index (χ0v) is 17.7. The summed E-state index contributed by atoms with van der Waals surface area (Å²) < 4.78 is 33.4. The zero-order chi connectivity index (χ0) is 25.0. The van der Waals surface area contributed by atoms with Crippen LogP contribution in [0.5, 0.6) is 0 Å². The summed E-state index contributed by atoms with van der Waals surface area (Å²) in [4.78, 5) is 32.8. The maximum absolute atomic E-state index is 12.3. The first-order valence-electron chi connectivity index (χ1n) is 10.2. The summed E-state index contributed by atoms with van der Waals surface area (Å²) >= 11 is 0. The molecule has 0 bridgehead atoms. The third-order valence-corrected chi connectivity index (χ3v) is 5.29. The van der Waals surface area contributed by atoms with Gasteiger partial charge in [0.1, 0.15) is 5.52 Å². The van der Waals surface area contributed by atoms with Gasteiger partial charge in [0.15, 0.2) is 0 Å². The van der Waals surface area contributed by atoms with E-state index in [-0.39, 0.29) is 17.9 Å². The highest BCUT2D eigenvalue weighted by molar-refractivity contribution is 6.04. The number of nitrogens with two attached hydrogens (primary N) is 2. The van der Waals surface area contributed by atoms with Crippen molar-refractivity contribution in [3.63, 3.8) is 0 Å². The monoisotopic (exact) mass is 477 g/mol. The molecule has 12 heteroatoms. The third kappa shape index (κ3) is 5.90. The van der Waals surface area contributed by atoms with Crippen molar-refractivity contribution in [2.75, 3.05) is 5.32 Å². The van der Waals surface area contributed by atoms with Gasteiger partial charge in [-0.2, -0.15) is 18.3 Å². The Morgan fingerprint density at radius 1 is 1.09 bits per heavy atom. The van der Waals surface area contributed by atoms with Crippen LogP contribution < -0.4 is 16.8 Å². The van der Waals surface area contributed by atoms with Gasteiger partial charge in [-0.1, -0.05) is 12.1 Å². The number of carbonyl (C=O) groups excluding carboxylic acids is 2. The summed E-state index contributed by atoms with van der Waals surface area (Å²) in [6, 6.07) is 12.9. The van der Waals surface area contributed by atoms with E-state index in [0.29, 0.717) is 11.1 Å². The third-order valence-electron chi connectivity index (χ3n) is 5.29. The molecule has 1 aromatic heterocycles. The highest BCUT2D eigenvalue weighted by Gasteiger charge is 2.38. The molecule has 9 nitrogen and oxygen atoms in total. The predicted molar refractivity (Wildman–Crippen MR) is 117 cm³/mol. The average Bonchev–Trinajstić information content (AvgIpc) is 3.40. The molecule has 0 saturated heterocycles. The van der Waals surface area contributed by atoms with Crippen LogP contribution in [0.1, 0.15) is 29.6 Å². The van der Waals surface area contributed by atoms with Crippen LogP contribution in [0.4, 0.5) is 18.9 Å². The molecule has 2 atom stereocenters. The van der Waals surface area contributed by atoms with Crippen molar-refractivity contribution in [1.82, 2.24) is 9.78 Å². The molecule has 34 heavy (non-hydrogen) atoms. The zero-order valence-electron chi connectivity index (χ0n) is 17.7. The molecule has 1 aliphatic rings. The topological polar surface area (TPSA) is 153 Å². The number of fused-ring (bicyclic) bond motifs is 1. The first-order valence-corrected chi connectivity index (χ1v) is 10.2. The van der Waals surface area contributed by atoms with E-state index in [1.807, 2.05) is 36.5 Å². The van der Waals surface area contributed by atoms with Crippen LogP contribution in [0.3, 0.4) is 0 Å². The van der Waals surface area contributed by atoms with Gasteiger partial charge in [-0.05, 0) is 49.6 Å². The minimum atomic E-state index is -5.08. The number of hydrogen-bond donors (Lipinski definition) is 4. The highest BCUT2D eigenvalue weighted by atomic mass is 19.4. The van der Waals surface area contributed by atoms with E-state index in [2.05, 4.69) is 10.4 Å². The Bertz CT molecular complexity index is 1210. The van der Waals surface area contributed by atoms with E-state index >= 15 is 0 Å². The van der Waals surface area contributed by atoms with Crippen LogP contribution >= 0.6 is 0 Å². The molecule has 1 fully saturated rings. The van der Waals surface area contributed by atoms with Gasteiger partial charge in [0.2, 0.25) is 5.91 Å². The average molecular weight is 477 g/mol. The molecule has 0 radical (unpaired) electrons. The van der Waals surface area contributed by atoms with E-state index in [1.54, 1.807) is 16.8 Å². The van der Waals surface area contributed by atoms with Crippen LogP contribution in [0.2, 0.25) is 0 Å². The van der Waals surface area contributed by atoms with Gasteiger partial charge in [0, 0.05) is 29.2 Å². The largest absolute Gasteiger partial charge is 0.490 e. The highest BCUT2D eigenvalue weighted by Crippen LogP contribution is 2.26. The number of halogens is 3. The molecule has 0 spiro atoms. The van der Waals surface area contributed by atoms with Crippen LogP contribution in [0.15, 0.2) is 48.7 Å². The fraction of sp³-hybridized carbons (Fsp3) is 0.273. The molecule has 1 aliphatic carbocycles. The summed E-state index contributed by atoms with van der Waals surface area (Å²) in [5, 5.41) is 15.4. The van der Waals surface area contributed by atoms with E-state index in [4.69, 9.17) is 21.4 Å². The molecule has 2 aromatic carbocycles. The van der Waals surface area contributed by atoms with E-state index in [9.17, 15) is 22.8 Å². The first kappa shape index (κ1) is 24.7. The van der Waals surface area contributed by atoms with E-state index in [0.717, 1.165) is 36.0 Å². The van der Waals surface area contributed by atoms with Crippen molar-refractivity contribution in [1.29, 1.82) is 0 Å². The number of carbonyl (C=O) groups is 3. The lowest BCUT2D eigenvalue weighted by Crippen LogP contribution is -2.23. The van der Waals surface area contributed by atoms with Crippen molar-refractivity contribution in [2.45, 2.75) is 31.5 Å². The van der Waals surface area contributed by atoms with Gasteiger partial charge in [0.05, 0.1) is 11.3 Å². The maximum Gasteiger partial charge on any atom is 0.490 e. The Kier molecular flexibility index (Phi) is 7.20. The lowest BCUT2D eigenvalue weighted by Gasteiger charge is -2.11. The second-order valence-corrected chi connectivity index (χ2v) is 7.79. The summed E-state index contributed by atoms with van der Waals surface area (Å²) in [6.07, 6.45) is -0.758. The van der Waals surface area contributed by atoms with E-state index < -0.39 is 18.1 Å². The quantitative estimate of drug-likeness (QED) is 0.453. The Morgan fingerprint density at radius 2 is 1.74 bits per heavy atom. The van der Waals surface area contributed by atoms with Gasteiger partial charge in [0.25, 0.3) is 5.91 Å². The molecule has 1 heterocycles. The van der Waals surface area contributed by atoms with Crippen LogP contribution in [0.25, 0.3) is 16.6 Å². The number of nitrogens with one attached hydrogen (secondary N) is 1. The molecule has 1 saturated carbocycles. The second kappa shape index (κ2) is 9.91. The van der Waals surface area contributed by atoms with Gasteiger partial charge in [-0.3, -0.25) is 9.59 Å². The van der Waals surface area contributed by atoms with Gasteiger partial charge in [-0.15, -0.1) is 0 Å². The number of hydrogen-bond acceptors (Lipinski definition) is 5. The summed E-state index contributed by atoms with van der Waals surface area (Å²) in [5.41, 5.74) is 13.8. The van der Waals surface area contributed by atoms with Crippen molar-refractivity contribution < 1.29 is 32.7 Å². The van der Waals surface area contributed by atoms with Crippen LogP contribution in [0, 0.1) is 5.92 Å². The minimum Gasteiger partial charge on any atom is -0.475 e. The Hall–Kier alpha value is -3.93. The summed E-state index contributed by atoms with van der Waals surface area (Å²) in [6.45, 7) is 0. The number of carboxylic acids is 1. The molecule has 3 aromatic rings. The van der Waals surface area contributed by atoms with Crippen LogP contribution in [-0.4, -0.2) is 44.9 Å². The van der Waals surface area contributed by atoms with Gasteiger partial charge >= 0.3 is 12.1 Å². The van der Waals surface area contributed by atoms with Gasteiger partial charge < -0.3 is 21.9 Å². The second-order valence-electron chi connectivity index (χ2n) is 7.79. The SMILES string of the molecule is NC(=O)c1cccc2cn(-c3ccc(NC(=O)[C@H]4CC[C@H](N)C4)cc3)nc12.O=C(O)C(F)(F)F. The predicted octanol–water partition coefficient (Wildman–Crippen LogP) is 2.82. The normalized spacial score (nSPS) is 17.6. The van der Waals surface area contributed by atoms with Gasteiger partial charge in [-0.25, -0.2) is 9.48 Å². The fourth-order valence-electron chi connectivity index (χ4n) is 3.57. The number of carboxylic acid groups (broad SMARTS) is 1. The molecule has 4 rings (SSSR count). The van der Waals surface area contributed by atoms with Crippen molar-refractivity contribution in [3.05, 3.63) is 54.2 Å². The summed E-state index contributed by atoms with van der Waals surface area (Å²) in [5.74, 6) is -3.25. The number of aromatic nitrogens is 2. The Labute approximate surface area is 191 Å². The number of primary amides is 1. The molecule has 0 aliphatic heterocycles. The minimum absolute atomic E-state index is 0.0108. The molecule has 0 unspecified atom stereocenters. The maximum atomic E-state index is 12.3. The number of alkyl halides is 3. The molecular weight excluding hydrogens is 455 g/mol. The van der Waals surface area contributed by atoms with Crippen LogP contribution in [-0.2, 0) is 9.59 Å². The van der Waals surface area contributed by atoms with E-state index in [1.165, 1.54) is 0 Å². The smallest absolute Gasteiger partial charge is 0.475 e. The van der Waals surface area contributed by atoms with Crippen molar-refractivity contribution >= 4 is 34.4 Å². The Morgan fingerprint density at radius 3 is 2.26 bits per heavy atom. The molecular formula is C22H22F3N5O4. The number of aliphatic carboxylic acids is 1. The standard InChI is InChI=1S/C20H21N5O2.C2HF3O2/c21-14-5-4-12(10-14)20(27)23-15-6-8-16(9-7-15)25-11-13-2-1-3-17(19(22)26)18(13)24-25;3-2(4,5)1(6)7/h1-3,6-9,11-12,14H,4-5,10,21H2,(H2,22,26)(H,23,27);(H,6,7)/t12-,14-;/m0./s1. The molecule has 2 amide bonds. The van der Waals surface area contributed by atoms with Crippen molar-refractivity contribution in [2.24, 2.45) is 17.4 Å².